The van der Waals surface area contributed by atoms with Crippen molar-refractivity contribution >= 4 is 43.0 Å². The van der Waals surface area contributed by atoms with E-state index in [1.807, 2.05) is 12.1 Å². The van der Waals surface area contributed by atoms with E-state index in [0.717, 1.165) is 32.9 Å². The number of rotatable bonds is 4. The fourth-order valence-electron chi connectivity index (χ4n) is 2.80. The van der Waals surface area contributed by atoms with Crippen molar-refractivity contribution in [3.05, 3.63) is 45.6 Å². The van der Waals surface area contributed by atoms with E-state index in [0.29, 0.717) is 18.3 Å². The van der Waals surface area contributed by atoms with Crippen LogP contribution in [0.5, 0.6) is 0 Å². The first-order chi connectivity index (χ1) is 11.9. The van der Waals surface area contributed by atoms with Crippen LogP contribution >= 0.6 is 27.3 Å². The standard InChI is InChI=1S/C15H13BrN4O3S2/c16-13-4-3-12(24-13)15-18-14(23-19-15)8-20-6-5-9-7-10(25(17,21)22)1-2-11(9)20/h1-4,7H,5-6,8H2,(H2,17,21,22). The molecular formula is C15H13BrN4O3S2. The van der Waals surface area contributed by atoms with E-state index in [1.54, 1.807) is 12.1 Å². The van der Waals surface area contributed by atoms with Gasteiger partial charge >= 0.3 is 0 Å². The van der Waals surface area contributed by atoms with Gasteiger partial charge in [0.2, 0.25) is 21.7 Å². The number of hydrogen-bond donors (Lipinski definition) is 1. The van der Waals surface area contributed by atoms with Gasteiger partial charge in [0.25, 0.3) is 0 Å². The van der Waals surface area contributed by atoms with Crippen LogP contribution in [0.4, 0.5) is 5.69 Å². The average Bonchev–Trinajstić information content (AvgIpc) is 3.27. The average molecular weight is 441 g/mol. The third-order valence-corrected chi connectivity index (χ3v) is 6.49. The van der Waals surface area contributed by atoms with E-state index in [4.69, 9.17) is 9.66 Å². The molecule has 2 aromatic heterocycles. The minimum absolute atomic E-state index is 0.136. The number of anilines is 1. The smallest absolute Gasteiger partial charge is 0.246 e. The summed E-state index contributed by atoms with van der Waals surface area (Å²) in [7, 11) is -3.69. The lowest BCUT2D eigenvalue weighted by atomic mass is 10.2. The van der Waals surface area contributed by atoms with Gasteiger partial charge < -0.3 is 9.42 Å². The van der Waals surface area contributed by atoms with Crippen molar-refractivity contribution < 1.29 is 12.9 Å². The molecule has 0 spiro atoms. The van der Waals surface area contributed by atoms with Crippen molar-refractivity contribution in [3.63, 3.8) is 0 Å². The van der Waals surface area contributed by atoms with Crippen molar-refractivity contribution in [3.8, 4) is 10.7 Å². The summed E-state index contributed by atoms with van der Waals surface area (Å²) >= 11 is 4.96. The first kappa shape index (κ1) is 16.7. The van der Waals surface area contributed by atoms with Crippen LogP contribution in [-0.4, -0.2) is 25.1 Å². The summed E-state index contributed by atoms with van der Waals surface area (Å²) in [5.41, 5.74) is 1.92. The molecule has 0 aliphatic carbocycles. The number of sulfonamides is 1. The number of nitrogens with two attached hydrogens (primary N) is 1. The van der Waals surface area contributed by atoms with E-state index >= 15 is 0 Å². The molecule has 3 aromatic rings. The zero-order valence-corrected chi connectivity index (χ0v) is 16.1. The number of halogens is 1. The molecule has 1 aromatic carbocycles. The second kappa shape index (κ2) is 6.20. The van der Waals surface area contributed by atoms with Gasteiger partial charge in [-0.25, -0.2) is 13.6 Å². The molecule has 0 saturated carbocycles. The maximum Gasteiger partial charge on any atom is 0.246 e. The van der Waals surface area contributed by atoms with Crippen molar-refractivity contribution in [2.24, 2.45) is 5.14 Å². The van der Waals surface area contributed by atoms with Gasteiger partial charge in [-0.3, -0.25) is 0 Å². The van der Waals surface area contributed by atoms with Crippen LogP contribution in [0.2, 0.25) is 0 Å². The summed E-state index contributed by atoms with van der Waals surface area (Å²) in [5.74, 6) is 1.08. The third-order valence-electron chi connectivity index (χ3n) is 3.96. The van der Waals surface area contributed by atoms with Gasteiger partial charge in [0, 0.05) is 12.2 Å². The molecule has 1 aliphatic heterocycles. The van der Waals surface area contributed by atoms with Crippen molar-refractivity contribution in [2.45, 2.75) is 17.9 Å². The van der Waals surface area contributed by atoms with E-state index < -0.39 is 10.0 Å². The first-order valence-corrected chi connectivity index (χ1v) is 10.5. The second-order valence-electron chi connectivity index (χ2n) is 5.62. The van der Waals surface area contributed by atoms with Gasteiger partial charge in [-0.05, 0) is 58.2 Å². The lowest BCUT2D eigenvalue weighted by molar-refractivity contribution is 0.377. The predicted octanol–water partition coefficient (Wildman–Crippen LogP) is 2.77. The fourth-order valence-corrected chi connectivity index (χ4v) is 4.68. The molecule has 1 aliphatic rings. The molecule has 0 atom stereocenters. The number of benzene rings is 1. The fraction of sp³-hybridized carbons (Fsp3) is 0.200. The van der Waals surface area contributed by atoms with Gasteiger partial charge in [-0.15, -0.1) is 11.3 Å². The van der Waals surface area contributed by atoms with Gasteiger partial charge in [0.15, 0.2) is 0 Å². The highest BCUT2D eigenvalue weighted by Crippen LogP contribution is 2.32. The number of hydrogen-bond acceptors (Lipinski definition) is 7. The molecule has 4 rings (SSSR count). The van der Waals surface area contributed by atoms with Crippen LogP contribution in [0.3, 0.4) is 0 Å². The van der Waals surface area contributed by atoms with Crippen LogP contribution in [0.15, 0.2) is 43.5 Å². The normalized spacial score (nSPS) is 14.1. The van der Waals surface area contributed by atoms with Crippen LogP contribution in [0.1, 0.15) is 11.5 Å². The Labute approximate surface area is 156 Å². The highest BCUT2D eigenvalue weighted by molar-refractivity contribution is 9.11. The minimum atomic E-state index is -3.69. The molecule has 0 saturated heterocycles. The van der Waals surface area contributed by atoms with Crippen molar-refractivity contribution in [2.75, 3.05) is 11.4 Å². The Hall–Kier alpha value is -1.75. The number of aromatic nitrogens is 2. The zero-order chi connectivity index (χ0) is 17.6. The summed E-state index contributed by atoms with van der Waals surface area (Å²) in [4.78, 5) is 7.60. The molecule has 10 heteroatoms. The Balaban J connectivity index is 1.55. The maximum absolute atomic E-state index is 11.5. The molecule has 25 heavy (non-hydrogen) atoms. The predicted molar refractivity (Wildman–Crippen MR) is 97.9 cm³/mol. The number of thiophene rings is 1. The minimum Gasteiger partial charge on any atom is -0.362 e. The van der Waals surface area contributed by atoms with Gasteiger partial charge in [0.05, 0.1) is 20.1 Å². The Morgan fingerprint density at radius 2 is 2.16 bits per heavy atom. The second-order valence-corrected chi connectivity index (χ2v) is 9.65. The molecule has 0 unspecified atom stereocenters. The number of fused-ring (bicyclic) bond motifs is 1. The largest absolute Gasteiger partial charge is 0.362 e. The Morgan fingerprint density at radius 3 is 2.88 bits per heavy atom. The highest BCUT2D eigenvalue weighted by Gasteiger charge is 2.23. The quantitative estimate of drug-likeness (QED) is 0.668. The van der Waals surface area contributed by atoms with E-state index in [1.165, 1.54) is 17.4 Å². The zero-order valence-electron chi connectivity index (χ0n) is 12.8. The van der Waals surface area contributed by atoms with E-state index in [-0.39, 0.29) is 4.90 Å². The summed E-state index contributed by atoms with van der Waals surface area (Å²) in [6.07, 6.45) is 0.748. The Bertz CT molecular complexity index is 1040. The lowest BCUT2D eigenvalue weighted by Crippen LogP contribution is -2.20. The SMILES string of the molecule is NS(=O)(=O)c1ccc2c(c1)CCN2Cc1nc(-c2ccc(Br)s2)no1. The summed E-state index contributed by atoms with van der Waals surface area (Å²) in [6.45, 7) is 1.23. The van der Waals surface area contributed by atoms with Gasteiger partial charge in [-0.1, -0.05) is 5.16 Å². The van der Waals surface area contributed by atoms with Gasteiger partial charge in [0.1, 0.15) is 0 Å². The molecule has 2 N–H and O–H groups in total. The molecule has 0 bridgehead atoms. The van der Waals surface area contributed by atoms with Gasteiger partial charge in [-0.2, -0.15) is 4.98 Å². The van der Waals surface area contributed by atoms with Crippen molar-refractivity contribution in [1.82, 2.24) is 10.1 Å². The first-order valence-electron chi connectivity index (χ1n) is 7.39. The van der Waals surface area contributed by atoms with Crippen LogP contribution in [-0.2, 0) is 23.0 Å². The molecule has 130 valence electrons. The van der Waals surface area contributed by atoms with Crippen molar-refractivity contribution in [1.29, 1.82) is 0 Å². The van der Waals surface area contributed by atoms with Crippen LogP contribution in [0.25, 0.3) is 10.7 Å². The van der Waals surface area contributed by atoms with E-state index in [9.17, 15) is 8.42 Å². The molecule has 7 nitrogen and oxygen atoms in total. The molecule has 0 fully saturated rings. The molecule has 0 amide bonds. The Morgan fingerprint density at radius 1 is 1.32 bits per heavy atom. The Kier molecular flexibility index (Phi) is 4.14. The van der Waals surface area contributed by atoms with Crippen LogP contribution in [0, 0.1) is 0 Å². The topological polar surface area (TPSA) is 102 Å². The third kappa shape index (κ3) is 3.34. The molecule has 3 heterocycles. The maximum atomic E-state index is 11.5. The summed E-state index contributed by atoms with van der Waals surface area (Å²) < 4.78 is 29.3. The van der Waals surface area contributed by atoms with E-state index in [2.05, 4.69) is 31.0 Å². The number of nitrogens with zero attached hydrogens (tertiary/aromatic N) is 3. The lowest BCUT2D eigenvalue weighted by Gasteiger charge is -2.16. The molecular weight excluding hydrogens is 428 g/mol. The monoisotopic (exact) mass is 440 g/mol. The summed E-state index contributed by atoms with van der Waals surface area (Å²) in [5, 5.41) is 9.22. The molecule has 0 radical (unpaired) electrons. The summed E-state index contributed by atoms with van der Waals surface area (Å²) in [6, 6.07) is 8.80. The number of primary sulfonamides is 1. The van der Waals surface area contributed by atoms with Crippen LogP contribution < -0.4 is 10.0 Å². The highest BCUT2D eigenvalue weighted by atomic mass is 79.9.